The minimum absolute atomic E-state index is 0.00772. The van der Waals surface area contributed by atoms with Crippen LogP contribution in [-0.4, -0.2) is 15.0 Å². The number of aromatic nitrogens is 3. The minimum Gasteiger partial charge on any atom is -0.338 e. The van der Waals surface area contributed by atoms with Gasteiger partial charge in [-0.2, -0.15) is 13.2 Å². The number of fused-ring (bicyclic) bond motifs is 1. The molecule has 0 spiro atoms. The predicted molar refractivity (Wildman–Crippen MR) is 92.5 cm³/mol. The fourth-order valence-electron chi connectivity index (χ4n) is 2.86. The molecule has 28 heavy (non-hydrogen) atoms. The van der Waals surface area contributed by atoms with E-state index in [1.165, 1.54) is 18.3 Å². The van der Waals surface area contributed by atoms with E-state index < -0.39 is 28.9 Å². The lowest BCUT2D eigenvalue weighted by molar-refractivity contribution is -0.137. The molecule has 9 heteroatoms. The fraction of sp³-hybridized carbons (Fsp3) is 0.0526. The van der Waals surface area contributed by atoms with Crippen LogP contribution in [0.4, 0.5) is 22.0 Å². The highest BCUT2D eigenvalue weighted by molar-refractivity contribution is 5.81. The van der Waals surface area contributed by atoms with Crippen LogP contribution in [0.2, 0.25) is 0 Å². The Morgan fingerprint density at radius 1 is 0.893 bits per heavy atom. The molecule has 4 aromatic rings. The van der Waals surface area contributed by atoms with Gasteiger partial charge in [-0.3, -0.25) is 4.79 Å². The Hall–Kier alpha value is -3.49. The number of pyridine rings is 1. The molecule has 0 fully saturated rings. The highest BCUT2D eigenvalue weighted by atomic mass is 19.4. The molecular weight excluding hydrogens is 381 g/mol. The van der Waals surface area contributed by atoms with E-state index in [0.29, 0.717) is 5.56 Å². The van der Waals surface area contributed by atoms with Crippen LogP contribution in [0, 0.1) is 11.6 Å². The van der Waals surface area contributed by atoms with E-state index in [4.69, 9.17) is 0 Å². The molecule has 0 atom stereocenters. The van der Waals surface area contributed by atoms with E-state index in [0.717, 1.165) is 30.3 Å². The first kappa shape index (κ1) is 17.9. The van der Waals surface area contributed by atoms with Crippen LogP contribution in [0.1, 0.15) is 5.56 Å². The Bertz CT molecular complexity index is 1210. The molecule has 4 rings (SSSR count). The van der Waals surface area contributed by atoms with Crippen molar-refractivity contribution in [1.29, 1.82) is 0 Å². The summed E-state index contributed by atoms with van der Waals surface area (Å²) in [4.78, 5) is 20.0. The summed E-state index contributed by atoms with van der Waals surface area (Å²) in [5.41, 5.74) is -1.02. The van der Waals surface area contributed by atoms with Crippen molar-refractivity contribution in [3.8, 4) is 22.5 Å². The molecule has 0 bridgehead atoms. The molecule has 2 aromatic heterocycles. The fourth-order valence-corrected chi connectivity index (χ4v) is 2.86. The van der Waals surface area contributed by atoms with E-state index in [2.05, 4.69) is 15.0 Å². The molecule has 0 aliphatic heterocycles. The summed E-state index contributed by atoms with van der Waals surface area (Å²) >= 11 is 0. The number of nitrogens with one attached hydrogen (secondary N) is 2. The number of hydrogen-bond acceptors (Lipinski definition) is 2. The summed E-state index contributed by atoms with van der Waals surface area (Å²) in [7, 11) is 0. The zero-order chi connectivity index (χ0) is 20.1. The van der Waals surface area contributed by atoms with Crippen LogP contribution in [0.15, 0.2) is 53.5 Å². The molecule has 2 N–H and O–H groups in total. The Kier molecular flexibility index (Phi) is 4.02. The molecule has 4 nitrogen and oxygen atoms in total. The van der Waals surface area contributed by atoms with Crippen LogP contribution < -0.4 is 5.56 Å². The molecule has 2 heterocycles. The van der Waals surface area contributed by atoms with Crippen molar-refractivity contribution in [2.24, 2.45) is 0 Å². The molecule has 0 saturated heterocycles. The average molecular weight is 391 g/mol. The van der Waals surface area contributed by atoms with Gasteiger partial charge in [-0.1, -0.05) is 0 Å². The monoisotopic (exact) mass is 391 g/mol. The van der Waals surface area contributed by atoms with Crippen molar-refractivity contribution in [3.63, 3.8) is 0 Å². The maximum absolute atomic E-state index is 14.6. The normalized spacial score (nSPS) is 11.9. The van der Waals surface area contributed by atoms with Crippen LogP contribution in [0.5, 0.6) is 0 Å². The molecule has 0 aliphatic rings. The first-order valence-electron chi connectivity index (χ1n) is 7.98. The first-order chi connectivity index (χ1) is 13.2. The average Bonchev–Trinajstić information content (AvgIpc) is 3.03. The van der Waals surface area contributed by atoms with Gasteiger partial charge in [0.05, 0.1) is 22.2 Å². The van der Waals surface area contributed by atoms with Crippen molar-refractivity contribution in [3.05, 3.63) is 76.2 Å². The third-order valence-corrected chi connectivity index (χ3v) is 4.21. The number of nitrogens with zero attached hydrogens (tertiary/aromatic N) is 1. The predicted octanol–water partition coefficient (Wildman–Crippen LogP) is 4.88. The summed E-state index contributed by atoms with van der Waals surface area (Å²) in [6.07, 6.45) is -3.23. The third-order valence-electron chi connectivity index (χ3n) is 4.21. The quantitative estimate of drug-likeness (QED) is 0.479. The van der Waals surface area contributed by atoms with E-state index in [9.17, 15) is 26.7 Å². The molecule has 0 unspecified atom stereocenters. The zero-order valence-electron chi connectivity index (χ0n) is 13.9. The van der Waals surface area contributed by atoms with Gasteiger partial charge < -0.3 is 9.97 Å². The second-order valence-corrected chi connectivity index (χ2v) is 6.07. The Morgan fingerprint density at radius 3 is 2.21 bits per heavy atom. The molecule has 142 valence electrons. The van der Waals surface area contributed by atoms with E-state index in [-0.39, 0.29) is 28.0 Å². The van der Waals surface area contributed by atoms with Crippen molar-refractivity contribution >= 4 is 11.0 Å². The molecular formula is C19H10F5N3O. The standard InChI is InChI=1S/C19H10F5N3O/c20-12-5-10(9-1-4-16(28)25-8-9)6-13(21)17(12)18-26-14-3-2-11(19(22,23)24)7-15(14)27-18/h1-8H,(H,25,28)(H,26,27). The number of hydrogen-bond donors (Lipinski definition) is 2. The number of H-pyrrole nitrogens is 2. The largest absolute Gasteiger partial charge is 0.416 e. The van der Waals surface area contributed by atoms with Gasteiger partial charge in [0.15, 0.2) is 0 Å². The summed E-state index contributed by atoms with van der Waals surface area (Å²) in [6, 6.07) is 7.54. The smallest absolute Gasteiger partial charge is 0.338 e. The Balaban J connectivity index is 1.80. The van der Waals surface area contributed by atoms with Crippen LogP contribution in [0.3, 0.4) is 0 Å². The number of benzene rings is 2. The lowest BCUT2D eigenvalue weighted by Crippen LogP contribution is -2.04. The van der Waals surface area contributed by atoms with Gasteiger partial charge in [-0.15, -0.1) is 0 Å². The lowest BCUT2D eigenvalue weighted by Gasteiger charge is -2.06. The number of imidazole rings is 1. The maximum Gasteiger partial charge on any atom is 0.416 e. The molecule has 0 amide bonds. The zero-order valence-corrected chi connectivity index (χ0v) is 13.9. The minimum atomic E-state index is -4.55. The lowest BCUT2D eigenvalue weighted by atomic mass is 10.0. The van der Waals surface area contributed by atoms with E-state index in [1.807, 2.05) is 0 Å². The number of rotatable bonds is 2. The molecule has 0 radical (unpaired) electrons. The van der Waals surface area contributed by atoms with Crippen molar-refractivity contribution < 1.29 is 22.0 Å². The second-order valence-electron chi connectivity index (χ2n) is 6.07. The van der Waals surface area contributed by atoms with Crippen molar-refractivity contribution in [1.82, 2.24) is 15.0 Å². The van der Waals surface area contributed by atoms with Gasteiger partial charge in [0.25, 0.3) is 0 Å². The van der Waals surface area contributed by atoms with Gasteiger partial charge in [0.1, 0.15) is 17.5 Å². The van der Waals surface area contributed by atoms with Gasteiger partial charge in [-0.25, -0.2) is 13.8 Å². The second kappa shape index (κ2) is 6.29. The number of aromatic amines is 2. The highest BCUT2D eigenvalue weighted by Gasteiger charge is 2.31. The SMILES string of the molecule is O=c1ccc(-c2cc(F)c(-c3nc4ccc(C(F)(F)F)cc4[nH]3)c(F)c2)c[nH]1. The Labute approximate surface area is 153 Å². The van der Waals surface area contributed by atoms with Crippen molar-refractivity contribution in [2.75, 3.05) is 0 Å². The molecule has 0 saturated carbocycles. The topological polar surface area (TPSA) is 61.5 Å². The summed E-state index contributed by atoms with van der Waals surface area (Å²) < 4.78 is 67.7. The number of halogens is 5. The van der Waals surface area contributed by atoms with Gasteiger partial charge in [0, 0.05) is 12.3 Å². The van der Waals surface area contributed by atoms with Crippen LogP contribution >= 0.6 is 0 Å². The van der Waals surface area contributed by atoms with Crippen molar-refractivity contribution in [2.45, 2.75) is 6.18 Å². The maximum atomic E-state index is 14.6. The van der Waals surface area contributed by atoms with Crippen LogP contribution in [0.25, 0.3) is 33.5 Å². The van der Waals surface area contributed by atoms with Gasteiger partial charge in [-0.05, 0) is 47.5 Å². The summed E-state index contributed by atoms with van der Waals surface area (Å²) in [5.74, 6) is -2.12. The van der Waals surface area contributed by atoms with Crippen LogP contribution in [-0.2, 0) is 6.18 Å². The summed E-state index contributed by atoms with van der Waals surface area (Å²) in [6.45, 7) is 0. The summed E-state index contributed by atoms with van der Waals surface area (Å²) in [5, 5.41) is 0. The third kappa shape index (κ3) is 3.15. The first-order valence-corrected chi connectivity index (χ1v) is 7.98. The number of alkyl halides is 3. The Morgan fingerprint density at radius 2 is 1.61 bits per heavy atom. The van der Waals surface area contributed by atoms with Gasteiger partial charge >= 0.3 is 6.18 Å². The molecule has 2 aromatic carbocycles. The molecule has 0 aliphatic carbocycles. The van der Waals surface area contributed by atoms with E-state index in [1.54, 1.807) is 0 Å². The van der Waals surface area contributed by atoms with E-state index >= 15 is 0 Å². The highest BCUT2D eigenvalue weighted by Crippen LogP contribution is 2.33. The van der Waals surface area contributed by atoms with Gasteiger partial charge in [0.2, 0.25) is 5.56 Å².